The van der Waals surface area contributed by atoms with Gasteiger partial charge in [0.05, 0.1) is 39.8 Å². The van der Waals surface area contributed by atoms with E-state index in [0.29, 0.717) is 0 Å². The molecule has 0 spiro atoms. The molecule has 19 heavy (non-hydrogen) atoms. The predicted molar refractivity (Wildman–Crippen MR) is 66.3 cm³/mol. The van der Waals surface area contributed by atoms with Gasteiger partial charge < -0.3 is 14.2 Å². The molecule has 0 rings (SSSR count). The van der Waals surface area contributed by atoms with Crippen molar-refractivity contribution in [3.8, 4) is 0 Å². The number of carbonyl (C=O) groups excluding carboxylic acids is 3. The second-order valence-electron chi connectivity index (χ2n) is 3.97. The first-order valence-corrected chi connectivity index (χ1v) is 5.97. The van der Waals surface area contributed by atoms with Gasteiger partial charge in [0.2, 0.25) is 0 Å². The Bertz CT molecular complexity index is 299. The first kappa shape index (κ1) is 17.4. The van der Waals surface area contributed by atoms with E-state index in [1.54, 1.807) is 13.8 Å². The van der Waals surface area contributed by atoms with Gasteiger partial charge in [-0.25, -0.2) is 0 Å². The molecule has 1 atom stereocenters. The summed E-state index contributed by atoms with van der Waals surface area (Å²) in [6.45, 7) is 3.70. The minimum absolute atomic E-state index is 0.0880. The first-order valence-electron chi connectivity index (χ1n) is 5.97. The summed E-state index contributed by atoms with van der Waals surface area (Å²) in [6, 6.07) is 0. The molecule has 0 radical (unpaired) electrons. The molecule has 0 aliphatic carbocycles. The molecule has 0 N–H and O–H groups in total. The van der Waals surface area contributed by atoms with Crippen LogP contribution < -0.4 is 0 Å². The maximum Gasteiger partial charge on any atom is 0.319 e. The van der Waals surface area contributed by atoms with Crippen LogP contribution in [0.25, 0.3) is 0 Å². The standard InChI is InChI=1S/C12H21NO6/c1-5-19-12(16)9(2)6-13(7-10(14)17-3)8-11(15)18-4/h9H,5-8H2,1-4H3. The van der Waals surface area contributed by atoms with Crippen molar-refractivity contribution in [3.05, 3.63) is 0 Å². The van der Waals surface area contributed by atoms with E-state index in [1.165, 1.54) is 19.1 Å². The van der Waals surface area contributed by atoms with Crippen LogP contribution in [-0.2, 0) is 28.6 Å². The molecule has 7 nitrogen and oxygen atoms in total. The van der Waals surface area contributed by atoms with Crippen LogP contribution in [-0.4, -0.2) is 63.3 Å². The van der Waals surface area contributed by atoms with Crippen LogP contribution in [0.2, 0.25) is 0 Å². The van der Waals surface area contributed by atoms with Gasteiger partial charge in [-0.1, -0.05) is 6.92 Å². The number of carbonyl (C=O) groups is 3. The maximum atomic E-state index is 11.5. The van der Waals surface area contributed by atoms with E-state index in [4.69, 9.17) is 4.74 Å². The topological polar surface area (TPSA) is 82.1 Å². The Morgan fingerprint density at radius 2 is 1.53 bits per heavy atom. The number of rotatable bonds is 8. The van der Waals surface area contributed by atoms with Gasteiger partial charge in [-0.05, 0) is 6.92 Å². The van der Waals surface area contributed by atoms with E-state index in [0.717, 1.165) is 0 Å². The highest BCUT2D eigenvalue weighted by Crippen LogP contribution is 2.03. The van der Waals surface area contributed by atoms with Crippen LogP contribution in [0.15, 0.2) is 0 Å². The highest BCUT2D eigenvalue weighted by molar-refractivity contribution is 5.75. The molecule has 0 saturated heterocycles. The van der Waals surface area contributed by atoms with Crippen molar-refractivity contribution in [2.45, 2.75) is 13.8 Å². The number of ether oxygens (including phenoxy) is 3. The van der Waals surface area contributed by atoms with Gasteiger partial charge in [0.1, 0.15) is 0 Å². The number of methoxy groups -OCH3 is 2. The summed E-state index contributed by atoms with van der Waals surface area (Å²) in [5, 5.41) is 0. The Kier molecular flexibility index (Phi) is 8.52. The normalized spacial score (nSPS) is 11.8. The van der Waals surface area contributed by atoms with Crippen molar-refractivity contribution in [3.63, 3.8) is 0 Å². The largest absolute Gasteiger partial charge is 0.468 e. The van der Waals surface area contributed by atoms with E-state index in [1.807, 2.05) is 0 Å². The highest BCUT2D eigenvalue weighted by atomic mass is 16.5. The summed E-state index contributed by atoms with van der Waals surface area (Å²) >= 11 is 0. The molecule has 0 aliphatic rings. The van der Waals surface area contributed by atoms with Gasteiger partial charge in [0, 0.05) is 6.54 Å². The van der Waals surface area contributed by atoms with E-state index >= 15 is 0 Å². The molecular formula is C12H21NO6. The summed E-state index contributed by atoms with van der Waals surface area (Å²) < 4.78 is 13.9. The van der Waals surface area contributed by atoms with Crippen molar-refractivity contribution < 1.29 is 28.6 Å². The second kappa shape index (κ2) is 9.32. The Hall–Kier alpha value is -1.63. The van der Waals surface area contributed by atoms with Gasteiger partial charge in [-0.15, -0.1) is 0 Å². The van der Waals surface area contributed by atoms with Crippen LogP contribution in [0, 0.1) is 5.92 Å². The van der Waals surface area contributed by atoms with E-state index in [9.17, 15) is 14.4 Å². The average Bonchev–Trinajstić information content (AvgIpc) is 2.38. The monoisotopic (exact) mass is 275 g/mol. The lowest BCUT2D eigenvalue weighted by Crippen LogP contribution is -2.40. The van der Waals surface area contributed by atoms with Gasteiger partial charge >= 0.3 is 17.9 Å². The summed E-state index contributed by atoms with van der Waals surface area (Å²) in [6.07, 6.45) is 0. The molecule has 1 unspecified atom stereocenters. The number of esters is 3. The summed E-state index contributed by atoms with van der Waals surface area (Å²) in [4.78, 5) is 35.5. The SMILES string of the molecule is CCOC(=O)C(C)CN(CC(=O)OC)CC(=O)OC. The maximum absolute atomic E-state index is 11.5. The zero-order valence-electron chi connectivity index (χ0n) is 11.8. The molecule has 0 fully saturated rings. The quantitative estimate of drug-likeness (QED) is 0.449. The molecular weight excluding hydrogens is 254 g/mol. The summed E-state index contributed by atoms with van der Waals surface area (Å²) in [5.74, 6) is -1.79. The molecule has 110 valence electrons. The fraction of sp³-hybridized carbons (Fsp3) is 0.750. The molecule has 0 saturated carbocycles. The fourth-order valence-corrected chi connectivity index (χ4v) is 1.43. The van der Waals surface area contributed by atoms with Crippen LogP contribution in [0.1, 0.15) is 13.8 Å². The van der Waals surface area contributed by atoms with Crippen LogP contribution >= 0.6 is 0 Å². The third-order valence-electron chi connectivity index (χ3n) is 2.38. The zero-order chi connectivity index (χ0) is 14.8. The van der Waals surface area contributed by atoms with Crippen LogP contribution in [0.3, 0.4) is 0 Å². The van der Waals surface area contributed by atoms with Gasteiger partial charge in [0.25, 0.3) is 0 Å². The molecule has 0 aromatic heterocycles. The lowest BCUT2D eigenvalue weighted by atomic mass is 10.1. The van der Waals surface area contributed by atoms with Crippen molar-refractivity contribution in [2.75, 3.05) is 40.5 Å². The lowest BCUT2D eigenvalue weighted by Gasteiger charge is -2.22. The molecule has 0 aromatic carbocycles. The molecule has 0 aromatic rings. The Morgan fingerprint density at radius 1 is 1.05 bits per heavy atom. The van der Waals surface area contributed by atoms with Crippen LogP contribution in [0.4, 0.5) is 0 Å². The number of hydrogen-bond donors (Lipinski definition) is 0. The smallest absolute Gasteiger partial charge is 0.319 e. The zero-order valence-corrected chi connectivity index (χ0v) is 11.8. The van der Waals surface area contributed by atoms with E-state index in [2.05, 4.69) is 9.47 Å². The minimum atomic E-state index is -0.486. The molecule has 0 heterocycles. The van der Waals surface area contributed by atoms with Gasteiger partial charge in [0.15, 0.2) is 0 Å². The van der Waals surface area contributed by atoms with Crippen LogP contribution in [0.5, 0.6) is 0 Å². The molecule has 0 amide bonds. The molecule has 7 heteroatoms. The lowest BCUT2D eigenvalue weighted by molar-refractivity contribution is -0.152. The Balaban J connectivity index is 4.51. The average molecular weight is 275 g/mol. The van der Waals surface area contributed by atoms with E-state index < -0.39 is 17.9 Å². The third-order valence-corrected chi connectivity index (χ3v) is 2.38. The second-order valence-corrected chi connectivity index (χ2v) is 3.97. The molecule has 0 aliphatic heterocycles. The summed E-state index contributed by atoms with van der Waals surface area (Å²) in [5.41, 5.74) is 0. The van der Waals surface area contributed by atoms with E-state index in [-0.39, 0.29) is 32.2 Å². The first-order chi connectivity index (χ1) is 8.94. The fourth-order valence-electron chi connectivity index (χ4n) is 1.43. The Labute approximate surface area is 112 Å². The van der Waals surface area contributed by atoms with Crippen molar-refractivity contribution in [1.29, 1.82) is 0 Å². The number of nitrogens with zero attached hydrogens (tertiary/aromatic N) is 1. The minimum Gasteiger partial charge on any atom is -0.468 e. The van der Waals surface area contributed by atoms with Gasteiger partial charge in [-0.3, -0.25) is 19.3 Å². The Morgan fingerprint density at radius 3 is 1.89 bits per heavy atom. The third kappa shape index (κ3) is 7.40. The van der Waals surface area contributed by atoms with Crippen molar-refractivity contribution in [1.82, 2.24) is 4.90 Å². The van der Waals surface area contributed by atoms with Crippen molar-refractivity contribution >= 4 is 17.9 Å². The van der Waals surface area contributed by atoms with Gasteiger partial charge in [-0.2, -0.15) is 0 Å². The highest BCUT2D eigenvalue weighted by Gasteiger charge is 2.22. The predicted octanol–water partition coefficient (Wildman–Crippen LogP) is -0.166. The summed E-state index contributed by atoms with van der Waals surface area (Å²) in [7, 11) is 2.51. The molecule has 0 bridgehead atoms. The van der Waals surface area contributed by atoms with Crippen molar-refractivity contribution in [2.24, 2.45) is 5.92 Å². The number of hydrogen-bond acceptors (Lipinski definition) is 7.